The van der Waals surface area contributed by atoms with Crippen molar-refractivity contribution in [3.05, 3.63) is 86.6 Å². The fourth-order valence-corrected chi connectivity index (χ4v) is 4.15. The number of carbonyl (C=O) groups is 1. The zero-order valence-electron chi connectivity index (χ0n) is 21.1. The van der Waals surface area contributed by atoms with Crippen molar-refractivity contribution >= 4 is 34.2 Å². The highest BCUT2D eigenvalue weighted by molar-refractivity contribution is 6.29. The maximum absolute atomic E-state index is 13.3. The topological polar surface area (TPSA) is 94.3 Å². The number of carbonyl (C=O) groups excluding carboxylic acids is 1. The number of nitrogens with zero attached hydrogens (tertiary/aromatic N) is 2. The molecule has 0 aliphatic carbocycles. The summed E-state index contributed by atoms with van der Waals surface area (Å²) in [4.78, 5) is 34.6. The predicted octanol–water partition coefficient (Wildman–Crippen LogP) is 6.65. The zero-order valence-corrected chi connectivity index (χ0v) is 21.9. The number of hydrogen-bond acceptors (Lipinski definition) is 7. The number of ether oxygens (including phenoxy) is 1. The maximum atomic E-state index is 13.3. The van der Waals surface area contributed by atoms with E-state index in [1.54, 1.807) is 58.3 Å². The molecule has 0 radical (unpaired) electrons. The molecular weight excluding hydrogens is 478 g/mol. The molecule has 1 N–H and O–H groups in total. The quantitative estimate of drug-likeness (QED) is 0.239. The van der Waals surface area contributed by atoms with Gasteiger partial charge < -0.3 is 14.5 Å². The third kappa shape index (κ3) is 5.26. The molecule has 4 aromatic rings. The van der Waals surface area contributed by atoms with Gasteiger partial charge in [-0.1, -0.05) is 17.7 Å². The van der Waals surface area contributed by atoms with Crippen LogP contribution in [0.15, 0.2) is 58.0 Å². The Morgan fingerprint density at radius 1 is 1.17 bits per heavy atom. The molecule has 36 heavy (non-hydrogen) atoms. The van der Waals surface area contributed by atoms with Gasteiger partial charge in [0.1, 0.15) is 22.1 Å². The smallest absolute Gasteiger partial charge is 0.359 e. The lowest BCUT2D eigenvalue weighted by molar-refractivity contribution is 0.00640. The van der Waals surface area contributed by atoms with E-state index in [2.05, 4.69) is 15.3 Å². The molecule has 7 nitrogen and oxygen atoms in total. The van der Waals surface area contributed by atoms with Crippen LogP contribution in [-0.2, 0) is 4.74 Å². The van der Waals surface area contributed by atoms with E-state index in [0.29, 0.717) is 28.0 Å². The lowest BCUT2D eigenvalue weighted by Crippen LogP contribution is -2.25. The van der Waals surface area contributed by atoms with E-state index in [0.717, 1.165) is 16.7 Å². The number of hydrogen-bond donors (Lipinski definition) is 1. The molecule has 3 heterocycles. The molecule has 0 amide bonds. The molecule has 186 valence electrons. The molecule has 0 fully saturated rings. The van der Waals surface area contributed by atoms with Gasteiger partial charge >= 0.3 is 5.97 Å². The average molecular weight is 506 g/mol. The largest absolute Gasteiger partial charge is 0.455 e. The van der Waals surface area contributed by atoms with Crippen molar-refractivity contribution in [2.75, 3.05) is 5.32 Å². The molecule has 0 aliphatic rings. The summed E-state index contributed by atoms with van der Waals surface area (Å²) in [7, 11) is 0. The van der Waals surface area contributed by atoms with Gasteiger partial charge in [-0.05, 0) is 77.4 Å². The van der Waals surface area contributed by atoms with Gasteiger partial charge in [0.25, 0.3) is 0 Å². The van der Waals surface area contributed by atoms with Crippen LogP contribution in [0, 0.1) is 13.8 Å². The summed E-state index contributed by atoms with van der Waals surface area (Å²) in [6, 6.07) is 10.4. The van der Waals surface area contributed by atoms with Crippen LogP contribution < -0.4 is 10.7 Å². The lowest BCUT2D eigenvalue weighted by atomic mass is 9.99. The Morgan fingerprint density at radius 2 is 1.92 bits per heavy atom. The number of aryl methyl sites for hydroxylation is 1. The van der Waals surface area contributed by atoms with Gasteiger partial charge in [0, 0.05) is 29.1 Å². The van der Waals surface area contributed by atoms with Crippen LogP contribution in [0.4, 0.5) is 5.69 Å². The van der Waals surface area contributed by atoms with Crippen molar-refractivity contribution in [3.8, 4) is 11.3 Å². The standard InChI is InChI=1S/C28H28ClN3O4/c1-15-12-19(17(3)31-21-9-10-22(29)32-23(21)27(34)36-28(4,5)6)26-20(13-15)24(33)16(2)25(35-26)18-8-7-11-30-14-18/h7-14,17,31H,1-6H3/t17-/m1/s1. The Kier molecular flexibility index (Phi) is 6.87. The molecule has 3 aromatic heterocycles. The number of aromatic nitrogens is 2. The zero-order chi connectivity index (χ0) is 26.2. The van der Waals surface area contributed by atoms with E-state index in [1.165, 1.54) is 0 Å². The summed E-state index contributed by atoms with van der Waals surface area (Å²) in [6.07, 6.45) is 3.33. The van der Waals surface area contributed by atoms with Crippen molar-refractivity contribution in [1.29, 1.82) is 0 Å². The van der Waals surface area contributed by atoms with Crippen molar-refractivity contribution < 1.29 is 13.9 Å². The highest BCUT2D eigenvalue weighted by atomic mass is 35.5. The molecular formula is C28H28ClN3O4. The Hall–Kier alpha value is -3.71. The second-order valence-electron chi connectivity index (χ2n) is 9.76. The number of esters is 1. The molecule has 0 saturated heterocycles. The fraction of sp³-hybridized carbons (Fsp3) is 0.286. The van der Waals surface area contributed by atoms with Gasteiger partial charge in [0.15, 0.2) is 11.1 Å². The van der Waals surface area contributed by atoms with Crippen molar-refractivity contribution in [1.82, 2.24) is 9.97 Å². The van der Waals surface area contributed by atoms with Crippen LogP contribution in [0.25, 0.3) is 22.3 Å². The van der Waals surface area contributed by atoms with Gasteiger partial charge in [0.2, 0.25) is 0 Å². The number of fused-ring (bicyclic) bond motifs is 1. The molecule has 0 saturated carbocycles. The highest BCUT2D eigenvalue weighted by Crippen LogP contribution is 2.32. The molecule has 0 aliphatic heterocycles. The van der Waals surface area contributed by atoms with Crippen molar-refractivity contribution in [2.45, 2.75) is 53.2 Å². The second-order valence-corrected chi connectivity index (χ2v) is 10.1. The van der Waals surface area contributed by atoms with Gasteiger partial charge in [-0.3, -0.25) is 9.78 Å². The summed E-state index contributed by atoms with van der Waals surface area (Å²) < 4.78 is 11.9. The van der Waals surface area contributed by atoms with Gasteiger partial charge in [-0.15, -0.1) is 0 Å². The number of benzene rings is 1. The second kappa shape index (κ2) is 9.74. The number of halogens is 1. The summed E-state index contributed by atoms with van der Waals surface area (Å²) in [5.74, 6) is -0.115. The normalized spacial score (nSPS) is 12.4. The van der Waals surface area contributed by atoms with Crippen molar-refractivity contribution in [2.24, 2.45) is 0 Å². The lowest BCUT2D eigenvalue weighted by Gasteiger charge is -2.22. The first-order valence-corrected chi connectivity index (χ1v) is 12.0. The van der Waals surface area contributed by atoms with E-state index in [4.69, 9.17) is 20.8 Å². The first kappa shape index (κ1) is 25.4. The third-order valence-corrected chi connectivity index (χ3v) is 5.82. The minimum Gasteiger partial charge on any atom is -0.455 e. The summed E-state index contributed by atoms with van der Waals surface area (Å²) >= 11 is 6.09. The van der Waals surface area contributed by atoms with Crippen LogP contribution >= 0.6 is 11.6 Å². The Labute approximate surface area is 214 Å². The molecule has 1 atom stereocenters. The minimum absolute atomic E-state index is 0.0783. The van der Waals surface area contributed by atoms with Gasteiger partial charge in [-0.2, -0.15) is 0 Å². The predicted molar refractivity (Wildman–Crippen MR) is 142 cm³/mol. The molecule has 0 bridgehead atoms. The number of anilines is 1. The average Bonchev–Trinajstić information content (AvgIpc) is 2.81. The monoisotopic (exact) mass is 505 g/mol. The minimum atomic E-state index is -0.694. The SMILES string of the molecule is Cc1cc([C@@H](C)Nc2ccc(Cl)nc2C(=O)OC(C)(C)C)c2oc(-c3cccnc3)c(C)c(=O)c2c1. The summed E-state index contributed by atoms with van der Waals surface area (Å²) in [6.45, 7) is 11.0. The molecule has 4 rings (SSSR count). The first-order chi connectivity index (χ1) is 16.9. The van der Waals surface area contributed by atoms with E-state index in [9.17, 15) is 9.59 Å². The molecule has 8 heteroatoms. The van der Waals surface area contributed by atoms with Crippen LogP contribution in [0.1, 0.15) is 60.9 Å². The van der Waals surface area contributed by atoms with Crippen LogP contribution in [0.3, 0.4) is 0 Å². The Balaban J connectivity index is 1.82. The van der Waals surface area contributed by atoms with Gasteiger partial charge in [0.05, 0.1) is 17.1 Å². The van der Waals surface area contributed by atoms with E-state index in [1.807, 2.05) is 32.0 Å². The van der Waals surface area contributed by atoms with Crippen molar-refractivity contribution in [3.63, 3.8) is 0 Å². The van der Waals surface area contributed by atoms with Crippen LogP contribution in [0.2, 0.25) is 5.15 Å². The van der Waals surface area contributed by atoms with E-state index in [-0.39, 0.29) is 22.3 Å². The van der Waals surface area contributed by atoms with Gasteiger partial charge in [-0.25, -0.2) is 9.78 Å². The first-order valence-electron chi connectivity index (χ1n) is 11.6. The number of nitrogens with one attached hydrogen (secondary N) is 1. The fourth-order valence-electron chi connectivity index (χ4n) is 4.01. The molecule has 1 aromatic carbocycles. The Morgan fingerprint density at radius 3 is 2.58 bits per heavy atom. The maximum Gasteiger partial charge on any atom is 0.359 e. The van der Waals surface area contributed by atoms with E-state index < -0.39 is 11.6 Å². The van der Waals surface area contributed by atoms with Crippen LogP contribution in [-0.4, -0.2) is 21.5 Å². The van der Waals surface area contributed by atoms with Crippen LogP contribution in [0.5, 0.6) is 0 Å². The molecule has 0 spiro atoms. The highest BCUT2D eigenvalue weighted by Gasteiger charge is 2.24. The number of rotatable bonds is 5. The molecule has 0 unspecified atom stereocenters. The Bertz CT molecular complexity index is 1510. The summed E-state index contributed by atoms with van der Waals surface area (Å²) in [5, 5.41) is 4.01. The number of pyridine rings is 2. The summed E-state index contributed by atoms with van der Waals surface area (Å²) in [5.41, 5.74) is 3.11. The van der Waals surface area contributed by atoms with E-state index >= 15 is 0 Å². The third-order valence-electron chi connectivity index (χ3n) is 5.61.